The fraction of sp³-hybridized carbons (Fsp3) is 0.483. The van der Waals surface area contributed by atoms with E-state index in [1.54, 1.807) is 38.3 Å². The zero-order chi connectivity index (χ0) is 26.4. The molecule has 0 unspecified atom stereocenters. The zero-order valence-corrected chi connectivity index (χ0v) is 23.1. The molecule has 0 atom stereocenters. The number of rotatable bonds is 15. The van der Waals surface area contributed by atoms with E-state index in [0.29, 0.717) is 29.1 Å². The predicted octanol–water partition coefficient (Wildman–Crippen LogP) is 7.31. The molecule has 0 aromatic heterocycles. The summed E-state index contributed by atoms with van der Waals surface area (Å²) < 4.78 is 33.2. The van der Waals surface area contributed by atoms with Crippen LogP contribution in [0.15, 0.2) is 53.9 Å². The number of carbonyl (C=O) groups excluding carboxylic acids is 1. The van der Waals surface area contributed by atoms with Gasteiger partial charge < -0.3 is 4.74 Å². The molecule has 0 aliphatic rings. The van der Waals surface area contributed by atoms with Gasteiger partial charge in [0, 0.05) is 12.2 Å². The lowest BCUT2D eigenvalue weighted by Crippen LogP contribution is -2.43. The molecule has 0 radical (unpaired) electrons. The van der Waals surface area contributed by atoms with Crippen molar-refractivity contribution in [3.05, 3.63) is 65.1 Å². The third-order valence-corrected chi connectivity index (χ3v) is 7.35. The molecular weight excluding hydrogens is 472 g/mol. The number of sulfonamides is 1. The highest BCUT2D eigenvalue weighted by atomic mass is 32.2. The van der Waals surface area contributed by atoms with E-state index in [0.717, 1.165) is 36.7 Å². The molecule has 0 aliphatic carbocycles. The fourth-order valence-corrected chi connectivity index (χ4v) is 5.05. The van der Waals surface area contributed by atoms with Crippen LogP contribution in [0, 0.1) is 0 Å². The number of anilines is 1. The van der Waals surface area contributed by atoms with Crippen LogP contribution >= 0.6 is 0 Å². The predicted molar refractivity (Wildman–Crippen MR) is 150 cm³/mol. The smallest absolute Gasteiger partial charge is 0.335 e. The number of nitrogens with zero attached hydrogens (tertiary/aromatic N) is 1. The number of hydrogen-bond acceptors (Lipinski definition) is 4. The van der Waals surface area contributed by atoms with Crippen molar-refractivity contribution >= 4 is 27.3 Å². The van der Waals surface area contributed by atoms with Crippen molar-refractivity contribution in [3.8, 4) is 5.75 Å². The second-order valence-corrected chi connectivity index (χ2v) is 10.7. The second-order valence-electron chi connectivity index (χ2n) is 9.13. The van der Waals surface area contributed by atoms with Gasteiger partial charge in [-0.3, -0.25) is 4.90 Å². The Morgan fingerprint density at radius 3 is 2.19 bits per heavy atom. The summed E-state index contributed by atoms with van der Waals surface area (Å²) in [5.41, 5.74) is 3.07. The highest BCUT2D eigenvalue weighted by Gasteiger charge is 2.21. The van der Waals surface area contributed by atoms with Crippen LogP contribution in [0.25, 0.3) is 5.57 Å². The number of amides is 2. The van der Waals surface area contributed by atoms with Gasteiger partial charge in [-0.05, 0) is 60.7 Å². The Labute approximate surface area is 217 Å². The van der Waals surface area contributed by atoms with E-state index in [4.69, 9.17) is 4.74 Å². The molecular formula is C29H42N2O4S. The van der Waals surface area contributed by atoms with Gasteiger partial charge in [-0.15, -0.1) is 0 Å². The van der Waals surface area contributed by atoms with Crippen LogP contribution in [0.1, 0.15) is 83.3 Å². The van der Waals surface area contributed by atoms with Gasteiger partial charge in [-0.1, -0.05) is 83.1 Å². The minimum atomic E-state index is -4.01. The summed E-state index contributed by atoms with van der Waals surface area (Å²) in [6.07, 6.45) is 10.1. The van der Waals surface area contributed by atoms with E-state index in [-0.39, 0.29) is 0 Å². The summed E-state index contributed by atoms with van der Waals surface area (Å²) in [6.45, 7) is 6.44. The van der Waals surface area contributed by atoms with Gasteiger partial charge >= 0.3 is 6.03 Å². The summed E-state index contributed by atoms with van der Waals surface area (Å²) in [7, 11) is -2.45. The van der Waals surface area contributed by atoms with E-state index in [2.05, 4.69) is 18.6 Å². The zero-order valence-electron chi connectivity index (χ0n) is 22.3. The normalized spacial score (nSPS) is 11.8. The minimum absolute atomic E-state index is 0.459. The average Bonchev–Trinajstić information content (AvgIpc) is 2.87. The van der Waals surface area contributed by atoms with Crippen molar-refractivity contribution in [2.45, 2.75) is 78.6 Å². The van der Waals surface area contributed by atoms with E-state index in [9.17, 15) is 13.2 Å². The van der Waals surface area contributed by atoms with Gasteiger partial charge in [0.25, 0.3) is 10.0 Å². The molecule has 2 rings (SSSR count). The summed E-state index contributed by atoms with van der Waals surface area (Å²) in [6, 6.07) is 14.2. The molecule has 36 heavy (non-hydrogen) atoms. The number of benzene rings is 2. The number of aryl methyl sites for hydroxylation is 1. The fourth-order valence-electron chi connectivity index (χ4n) is 4.04. The highest BCUT2D eigenvalue weighted by molar-refractivity contribution is 7.93. The SMILES string of the molecule is CCCCCCCCCCN(C(=O)NS(=O)(=O)C=C(C)c1cccc(OC)c1)c1ccc(CC)cc1. The molecule has 6 nitrogen and oxygen atoms in total. The Bertz CT molecular complexity index is 1080. The lowest BCUT2D eigenvalue weighted by Gasteiger charge is -2.23. The maximum Gasteiger partial charge on any atom is 0.335 e. The van der Waals surface area contributed by atoms with E-state index in [1.165, 1.54) is 37.0 Å². The van der Waals surface area contributed by atoms with E-state index >= 15 is 0 Å². The Morgan fingerprint density at radius 1 is 0.944 bits per heavy atom. The Balaban J connectivity index is 2.09. The molecule has 7 heteroatoms. The van der Waals surface area contributed by atoms with Crippen LogP contribution < -0.4 is 14.4 Å². The second kappa shape index (κ2) is 15.3. The molecule has 0 bridgehead atoms. The molecule has 198 valence electrons. The molecule has 0 heterocycles. The number of ether oxygens (including phenoxy) is 1. The molecule has 0 aliphatic heterocycles. The molecule has 2 aromatic carbocycles. The van der Waals surface area contributed by atoms with Crippen LogP contribution in [0.4, 0.5) is 10.5 Å². The van der Waals surface area contributed by atoms with Gasteiger partial charge in [0.05, 0.1) is 12.5 Å². The first-order valence-electron chi connectivity index (χ1n) is 13.1. The van der Waals surface area contributed by atoms with Gasteiger partial charge in [-0.2, -0.15) is 0 Å². The number of unbranched alkanes of at least 4 members (excludes halogenated alkanes) is 7. The Hall–Kier alpha value is -2.80. The lowest BCUT2D eigenvalue weighted by atomic mass is 10.1. The topological polar surface area (TPSA) is 75.7 Å². The number of allylic oxidation sites excluding steroid dienone is 1. The highest BCUT2D eigenvalue weighted by Crippen LogP contribution is 2.21. The van der Waals surface area contributed by atoms with Crippen molar-refractivity contribution in [1.29, 1.82) is 0 Å². The molecule has 0 saturated heterocycles. The summed E-state index contributed by atoms with van der Waals surface area (Å²) >= 11 is 0. The van der Waals surface area contributed by atoms with E-state index < -0.39 is 16.1 Å². The van der Waals surface area contributed by atoms with Gasteiger partial charge in [-0.25, -0.2) is 17.9 Å². The Kier molecular flexibility index (Phi) is 12.5. The van der Waals surface area contributed by atoms with Gasteiger partial charge in [0.2, 0.25) is 0 Å². The number of hydrogen-bond donors (Lipinski definition) is 1. The maximum absolute atomic E-state index is 13.2. The monoisotopic (exact) mass is 514 g/mol. The first-order chi connectivity index (χ1) is 17.3. The third-order valence-electron chi connectivity index (χ3n) is 6.22. The quantitative estimate of drug-likeness (QED) is 0.253. The van der Waals surface area contributed by atoms with Gasteiger partial charge in [0.15, 0.2) is 0 Å². The number of nitrogens with one attached hydrogen (secondary N) is 1. The summed E-state index contributed by atoms with van der Waals surface area (Å²) in [5, 5.41) is 1.09. The van der Waals surface area contributed by atoms with Crippen LogP contribution in [-0.4, -0.2) is 28.1 Å². The first kappa shape index (κ1) is 29.4. The third kappa shape index (κ3) is 10.1. The van der Waals surface area contributed by atoms with Crippen molar-refractivity contribution in [1.82, 2.24) is 4.72 Å². The largest absolute Gasteiger partial charge is 0.497 e. The molecule has 0 fully saturated rings. The molecule has 1 N–H and O–H groups in total. The van der Waals surface area contributed by atoms with Crippen LogP contribution in [0.5, 0.6) is 5.75 Å². The van der Waals surface area contributed by atoms with E-state index in [1.807, 2.05) is 24.3 Å². The van der Waals surface area contributed by atoms with Crippen molar-refractivity contribution in [2.75, 3.05) is 18.6 Å². The number of methoxy groups -OCH3 is 1. The minimum Gasteiger partial charge on any atom is -0.497 e. The number of carbonyl (C=O) groups is 1. The maximum atomic E-state index is 13.2. The number of urea groups is 1. The Morgan fingerprint density at radius 2 is 1.58 bits per heavy atom. The van der Waals surface area contributed by atoms with Crippen LogP contribution in [0.2, 0.25) is 0 Å². The van der Waals surface area contributed by atoms with Crippen LogP contribution in [-0.2, 0) is 16.4 Å². The van der Waals surface area contributed by atoms with Gasteiger partial charge in [0.1, 0.15) is 5.75 Å². The average molecular weight is 515 g/mol. The standard InChI is InChI=1S/C29H42N2O4S/c1-5-7-8-9-10-11-12-13-21-31(27-19-17-25(6-2)18-20-27)29(32)30-36(33,34)23-24(3)26-15-14-16-28(22-26)35-4/h14-20,22-23H,5-13,21H2,1-4H3,(H,30,32). The van der Waals surface area contributed by atoms with Crippen molar-refractivity contribution in [2.24, 2.45) is 0 Å². The molecule has 2 amide bonds. The lowest BCUT2D eigenvalue weighted by molar-refractivity contribution is 0.251. The first-order valence-corrected chi connectivity index (χ1v) is 14.6. The van der Waals surface area contributed by atoms with Crippen molar-refractivity contribution < 1.29 is 17.9 Å². The van der Waals surface area contributed by atoms with Crippen molar-refractivity contribution in [3.63, 3.8) is 0 Å². The van der Waals surface area contributed by atoms with Crippen LogP contribution in [0.3, 0.4) is 0 Å². The molecule has 2 aromatic rings. The summed E-state index contributed by atoms with van der Waals surface area (Å²) in [5.74, 6) is 0.633. The molecule has 0 spiro atoms. The summed E-state index contributed by atoms with van der Waals surface area (Å²) in [4.78, 5) is 14.7. The molecule has 0 saturated carbocycles.